The largest absolute Gasteiger partial charge is 0.119 e. The molecule has 0 spiro atoms. The maximum Gasteiger partial charge on any atom is 0.0459 e. The van der Waals surface area contributed by atoms with Crippen molar-refractivity contribution in [1.82, 2.24) is 0 Å². The van der Waals surface area contributed by atoms with E-state index in [0.29, 0.717) is 10.8 Å². The average molecular weight is 199 g/mol. The predicted octanol–water partition coefficient (Wildman–Crippen LogP) is 3.97. The molecule has 4 rings (SSSR count). The van der Waals surface area contributed by atoms with Crippen molar-refractivity contribution < 1.29 is 0 Å². The van der Waals surface area contributed by atoms with Crippen LogP contribution in [0, 0.1) is 16.7 Å². The number of rotatable bonds is 0. The molecule has 4 fully saturated rings. The molecular formula is C12H19Cl. The number of hydrogen-bond acceptors (Lipinski definition) is 0. The second-order valence-corrected chi connectivity index (χ2v) is 7.58. The van der Waals surface area contributed by atoms with Gasteiger partial charge >= 0.3 is 0 Å². The Morgan fingerprint density at radius 1 is 0.923 bits per heavy atom. The van der Waals surface area contributed by atoms with Crippen LogP contribution in [-0.2, 0) is 0 Å². The highest BCUT2D eigenvalue weighted by atomic mass is 35.5. The van der Waals surface area contributed by atoms with E-state index in [0.717, 1.165) is 5.92 Å². The predicted molar refractivity (Wildman–Crippen MR) is 56.0 cm³/mol. The molecule has 4 saturated carbocycles. The van der Waals surface area contributed by atoms with Gasteiger partial charge in [-0.3, -0.25) is 0 Å². The smallest absolute Gasteiger partial charge is 0.0459 e. The lowest BCUT2D eigenvalue weighted by atomic mass is 9.45. The SMILES string of the molecule is C[C@]12CC3CC(Cl)(C1)C[C@](C)(C3)C2. The lowest BCUT2D eigenvalue weighted by Gasteiger charge is -2.63. The molecule has 1 heteroatoms. The first-order valence-electron chi connectivity index (χ1n) is 5.60. The fourth-order valence-electron chi connectivity index (χ4n) is 5.31. The summed E-state index contributed by atoms with van der Waals surface area (Å²) >= 11 is 6.71. The van der Waals surface area contributed by atoms with Gasteiger partial charge in [-0.2, -0.15) is 0 Å². The van der Waals surface area contributed by atoms with E-state index in [1.165, 1.54) is 38.5 Å². The van der Waals surface area contributed by atoms with Crippen LogP contribution < -0.4 is 0 Å². The van der Waals surface area contributed by atoms with Crippen molar-refractivity contribution in [2.45, 2.75) is 57.2 Å². The fraction of sp³-hybridized carbons (Fsp3) is 1.00. The topological polar surface area (TPSA) is 0 Å². The Kier molecular flexibility index (Phi) is 1.39. The molecule has 4 bridgehead atoms. The summed E-state index contributed by atoms with van der Waals surface area (Å²) < 4.78 is 0. The third-order valence-electron chi connectivity index (χ3n) is 4.56. The molecule has 0 N–H and O–H groups in total. The second-order valence-electron chi connectivity index (χ2n) is 6.78. The highest BCUT2D eigenvalue weighted by molar-refractivity contribution is 6.24. The molecule has 0 aromatic carbocycles. The standard InChI is InChI=1S/C12H19Cl/c1-10-3-9-4-11(2,6-10)8-12(13,5-9)7-10/h9H,3-8H2,1-2H3/t9?,10-,11-,12?/m1/s1. The van der Waals surface area contributed by atoms with E-state index < -0.39 is 0 Å². The van der Waals surface area contributed by atoms with Crippen molar-refractivity contribution in [2.75, 3.05) is 0 Å². The lowest BCUT2D eigenvalue weighted by molar-refractivity contribution is -0.0802. The molecule has 0 radical (unpaired) electrons. The Balaban J connectivity index is 2.03. The molecule has 4 aliphatic rings. The van der Waals surface area contributed by atoms with Crippen molar-refractivity contribution in [1.29, 1.82) is 0 Å². The van der Waals surface area contributed by atoms with Gasteiger partial charge in [0.25, 0.3) is 0 Å². The summed E-state index contributed by atoms with van der Waals surface area (Å²) in [7, 11) is 0. The first kappa shape index (κ1) is 8.59. The van der Waals surface area contributed by atoms with Crippen LogP contribution >= 0.6 is 11.6 Å². The summed E-state index contributed by atoms with van der Waals surface area (Å²) in [6, 6.07) is 0. The van der Waals surface area contributed by atoms with E-state index in [1.807, 2.05) is 0 Å². The maximum atomic E-state index is 6.71. The van der Waals surface area contributed by atoms with Gasteiger partial charge in [0.05, 0.1) is 0 Å². The Bertz CT molecular complexity index is 207. The summed E-state index contributed by atoms with van der Waals surface area (Å²) in [5.74, 6) is 0.948. The minimum absolute atomic E-state index is 0.197. The summed E-state index contributed by atoms with van der Waals surface area (Å²) in [6.45, 7) is 4.93. The Hall–Kier alpha value is 0.290. The number of hydrogen-bond donors (Lipinski definition) is 0. The van der Waals surface area contributed by atoms with Crippen LogP contribution in [0.4, 0.5) is 0 Å². The van der Waals surface area contributed by atoms with E-state index in [4.69, 9.17) is 11.6 Å². The van der Waals surface area contributed by atoms with Gasteiger partial charge in [-0.05, 0) is 55.3 Å². The molecule has 0 heterocycles. The van der Waals surface area contributed by atoms with Crippen molar-refractivity contribution in [3.63, 3.8) is 0 Å². The summed E-state index contributed by atoms with van der Waals surface area (Å²) in [5, 5.41) is 0. The summed E-state index contributed by atoms with van der Waals surface area (Å²) in [4.78, 5) is 0.197. The van der Waals surface area contributed by atoms with E-state index >= 15 is 0 Å². The number of halogens is 1. The minimum Gasteiger partial charge on any atom is -0.119 e. The van der Waals surface area contributed by atoms with Crippen LogP contribution in [-0.4, -0.2) is 4.87 Å². The first-order valence-corrected chi connectivity index (χ1v) is 5.97. The zero-order valence-corrected chi connectivity index (χ0v) is 9.45. The van der Waals surface area contributed by atoms with Crippen LogP contribution in [0.5, 0.6) is 0 Å². The monoisotopic (exact) mass is 198 g/mol. The molecule has 4 aliphatic carbocycles. The van der Waals surface area contributed by atoms with Crippen LogP contribution in [0.15, 0.2) is 0 Å². The van der Waals surface area contributed by atoms with Crippen molar-refractivity contribution >= 4 is 11.6 Å². The molecule has 0 aliphatic heterocycles. The van der Waals surface area contributed by atoms with Crippen LogP contribution in [0.25, 0.3) is 0 Å². The zero-order valence-electron chi connectivity index (χ0n) is 8.70. The van der Waals surface area contributed by atoms with Crippen LogP contribution in [0.1, 0.15) is 52.4 Å². The van der Waals surface area contributed by atoms with Crippen molar-refractivity contribution in [3.8, 4) is 0 Å². The molecule has 0 nitrogen and oxygen atoms in total. The Labute approximate surface area is 86.0 Å². The second kappa shape index (κ2) is 2.10. The fourth-order valence-corrected chi connectivity index (χ4v) is 6.17. The van der Waals surface area contributed by atoms with Gasteiger partial charge in [-0.1, -0.05) is 13.8 Å². The molecular weight excluding hydrogens is 180 g/mol. The average Bonchev–Trinajstić information content (AvgIpc) is 1.71. The summed E-state index contributed by atoms with van der Waals surface area (Å²) in [6.07, 6.45) is 8.22. The van der Waals surface area contributed by atoms with Gasteiger partial charge in [0.2, 0.25) is 0 Å². The molecule has 2 atom stereocenters. The highest BCUT2D eigenvalue weighted by Crippen LogP contribution is 2.68. The molecule has 0 aromatic rings. The van der Waals surface area contributed by atoms with Crippen molar-refractivity contribution in [3.05, 3.63) is 0 Å². The van der Waals surface area contributed by atoms with Gasteiger partial charge < -0.3 is 0 Å². The molecule has 0 saturated heterocycles. The third-order valence-corrected chi connectivity index (χ3v) is 4.98. The van der Waals surface area contributed by atoms with Gasteiger partial charge in [0.15, 0.2) is 0 Å². The highest BCUT2D eigenvalue weighted by Gasteiger charge is 2.59. The van der Waals surface area contributed by atoms with Gasteiger partial charge in [-0.25, -0.2) is 0 Å². The molecule has 0 aromatic heterocycles. The van der Waals surface area contributed by atoms with E-state index in [9.17, 15) is 0 Å². The Morgan fingerprint density at radius 3 is 1.85 bits per heavy atom. The zero-order chi connectivity index (χ0) is 9.32. The van der Waals surface area contributed by atoms with E-state index in [1.54, 1.807) is 0 Å². The summed E-state index contributed by atoms with van der Waals surface area (Å²) in [5.41, 5.74) is 1.19. The van der Waals surface area contributed by atoms with E-state index in [2.05, 4.69) is 13.8 Å². The van der Waals surface area contributed by atoms with Crippen LogP contribution in [0.2, 0.25) is 0 Å². The van der Waals surface area contributed by atoms with Gasteiger partial charge in [0.1, 0.15) is 0 Å². The third kappa shape index (κ3) is 1.17. The maximum absolute atomic E-state index is 6.71. The first-order chi connectivity index (χ1) is 5.91. The lowest BCUT2D eigenvalue weighted by Crippen LogP contribution is -2.55. The quantitative estimate of drug-likeness (QED) is 0.517. The molecule has 0 unspecified atom stereocenters. The minimum atomic E-state index is 0.197. The molecule has 74 valence electrons. The van der Waals surface area contributed by atoms with Gasteiger partial charge in [-0.15, -0.1) is 11.6 Å². The molecule has 0 amide bonds. The Morgan fingerprint density at radius 2 is 1.46 bits per heavy atom. The van der Waals surface area contributed by atoms with Crippen LogP contribution in [0.3, 0.4) is 0 Å². The normalized spacial score (nSPS) is 64.4. The van der Waals surface area contributed by atoms with Crippen molar-refractivity contribution in [2.24, 2.45) is 16.7 Å². The number of alkyl halides is 1. The van der Waals surface area contributed by atoms with Gasteiger partial charge in [0, 0.05) is 4.87 Å². The molecule has 13 heavy (non-hydrogen) atoms. The van der Waals surface area contributed by atoms with E-state index in [-0.39, 0.29) is 4.87 Å².